The first-order valence-corrected chi connectivity index (χ1v) is 5.71. The fourth-order valence-electron chi connectivity index (χ4n) is 1.58. The number of rotatable bonds is 7. The first-order valence-electron chi connectivity index (χ1n) is 5.71. The fourth-order valence-corrected chi connectivity index (χ4v) is 1.58. The fraction of sp³-hybridized carbons (Fsp3) is 0.583. The summed E-state index contributed by atoms with van der Waals surface area (Å²) in [6.07, 6.45) is 1.65. The lowest BCUT2D eigenvalue weighted by Crippen LogP contribution is -2.25. The molecule has 0 radical (unpaired) electrons. The summed E-state index contributed by atoms with van der Waals surface area (Å²) in [5.74, 6) is -0.445. The molecule has 0 aliphatic heterocycles. The summed E-state index contributed by atoms with van der Waals surface area (Å²) in [5, 5.41) is 20.7. The Morgan fingerprint density at radius 3 is 2.82 bits per heavy atom. The van der Waals surface area contributed by atoms with Crippen molar-refractivity contribution in [1.29, 1.82) is 0 Å². The van der Waals surface area contributed by atoms with Gasteiger partial charge in [0.1, 0.15) is 5.76 Å². The van der Waals surface area contributed by atoms with Crippen molar-refractivity contribution in [2.24, 2.45) is 0 Å². The van der Waals surface area contributed by atoms with E-state index in [4.69, 9.17) is 14.6 Å². The van der Waals surface area contributed by atoms with Gasteiger partial charge < -0.3 is 19.9 Å². The van der Waals surface area contributed by atoms with Crippen LogP contribution in [0.3, 0.4) is 0 Å². The first-order chi connectivity index (χ1) is 8.04. The van der Waals surface area contributed by atoms with Gasteiger partial charge in [0.25, 0.3) is 0 Å². The van der Waals surface area contributed by atoms with Crippen LogP contribution in [0.1, 0.15) is 41.6 Å². The summed E-state index contributed by atoms with van der Waals surface area (Å²) < 4.78 is 5.11. The van der Waals surface area contributed by atoms with Crippen molar-refractivity contribution in [2.75, 3.05) is 6.61 Å². The lowest BCUT2D eigenvalue weighted by atomic mass is 10.1. The number of carboxylic acid groups (broad SMARTS) is 1. The second-order valence-corrected chi connectivity index (χ2v) is 4.15. The minimum absolute atomic E-state index is 0.0256. The summed E-state index contributed by atoms with van der Waals surface area (Å²) in [6.45, 7) is 4.56. The van der Waals surface area contributed by atoms with Gasteiger partial charge in [0.15, 0.2) is 0 Å². The molecule has 0 amide bonds. The van der Waals surface area contributed by atoms with Gasteiger partial charge in [-0.2, -0.15) is 0 Å². The molecule has 0 saturated carbocycles. The zero-order valence-electron chi connectivity index (χ0n) is 10.2. The molecule has 0 aliphatic rings. The Morgan fingerprint density at radius 2 is 2.29 bits per heavy atom. The van der Waals surface area contributed by atoms with Gasteiger partial charge in [-0.15, -0.1) is 0 Å². The van der Waals surface area contributed by atoms with Crippen molar-refractivity contribution in [3.63, 3.8) is 0 Å². The topological polar surface area (TPSA) is 82.7 Å². The van der Waals surface area contributed by atoms with Crippen LogP contribution in [0.15, 0.2) is 10.5 Å². The highest BCUT2D eigenvalue weighted by Gasteiger charge is 2.13. The second-order valence-electron chi connectivity index (χ2n) is 4.15. The molecule has 0 bridgehead atoms. The molecule has 5 heteroatoms. The molecule has 0 aromatic carbocycles. The normalized spacial score (nSPS) is 12.6. The zero-order valence-corrected chi connectivity index (χ0v) is 10.2. The third-order valence-corrected chi connectivity index (χ3v) is 2.67. The molecule has 5 nitrogen and oxygen atoms in total. The number of carbonyl (C=O) groups is 1. The molecule has 1 aromatic rings. The van der Waals surface area contributed by atoms with E-state index >= 15 is 0 Å². The number of carboxylic acids is 1. The predicted molar refractivity (Wildman–Crippen MR) is 63.0 cm³/mol. The van der Waals surface area contributed by atoms with Crippen LogP contribution in [0.5, 0.6) is 0 Å². The molecule has 1 aromatic heterocycles. The molecule has 0 spiro atoms. The number of aryl methyl sites for hydroxylation is 1. The summed E-state index contributed by atoms with van der Waals surface area (Å²) in [5.41, 5.74) is 0.859. The number of hydrogen-bond donors (Lipinski definition) is 3. The number of nitrogens with one attached hydrogen (secondary N) is 1. The van der Waals surface area contributed by atoms with E-state index in [-0.39, 0.29) is 18.4 Å². The maximum absolute atomic E-state index is 10.7. The van der Waals surface area contributed by atoms with Crippen LogP contribution in [-0.4, -0.2) is 28.8 Å². The quantitative estimate of drug-likeness (QED) is 0.674. The van der Waals surface area contributed by atoms with E-state index in [2.05, 4.69) is 5.32 Å². The van der Waals surface area contributed by atoms with Gasteiger partial charge in [-0.25, -0.2) is 4.79 Å². The SMILES string of the molecule is Cc1oc(C(=O)O)cc1CNC(C)CCCO. The highest BCUT2D eigenvalue weighted by Crippen LogP contribution is 2.14. The summed E-state index contributed by atoms with van der Waals surface area (Å²) in [6, 6.07) is 1.83. The van der Waals surface area contributed by atoms with Crippen molar-refractivity contribution < 1.29 is 19.4 Å². The van der Waals surface area contributed by atoms with Gasteiger partial charge in [-0.05, 0) is 32.8 Å². The molecule has 1 atom stereocenters. The maximum Gasteiger partial charge on any atom is 0.371 e. The van der Waals surface area contributed by atoms with Gasteiger partial charge >= 0.3 is 5.97 Å². The summed E-state index contributed by atoms with van der Waals surface area (Å²) in [7, 11) is 0. The monoisotopic (exact) mass is 241 g/mol. The van der Waals surface area contributed by atoms with Crippen LogP contribution in [0.4, 0.5) is 0 Å². The van der Waals surface area contributed by atoms with Gasteiger partial charge in [-0.1, -0.05) is 0 Å². The molecule has 0 aliphatic carbocycles. The Morgan fingerprint density at radius 1 is 1.59 bits per heavy atom. The number of hydrogen-bond acceptors (Lipinski definition) is 4. The number of aliphatic hydroxyl groups is 1. The number of furan rings is 1. The Bertz CT molecular complexity index is 373. The Balaban J connectivity index is 2.48. The van der Waals surface area contributed by atoms with Crippen molar-refractivity contribution in [2.45, 2.75) is 39.3 Å². The first kappa shape index (κ1) is 13.7. The zero-order chi connectivity index (χ0) is 12.8. The average molecular weight is 241 g/mol. The predicted octanol–water partition coefficient (Wildman–Crippen LogP) is 1.54. The maximum atomic E-state index is 10.7. The van der Waals surface area contributed by atoms with Crippen LogP contribution < -0.4 is 5.32 Å². The van der Waals surface area contributed by atoms with E-state index in [1.54, 1.807) is 13.0 Å². The third kappa shape index (κ3) is 4.20. The summed E-state index contributed by atoms with van der Waals surface area (Å²) in [4.78, 5) is 10.7. The molecular weight excluding hydrogens is 222 g/mol. The van der Waals surface area contributed by atoms with Gasteiger partial charge in [0.2, 0.25) is 5.76 Å². The van der Waals surface area contributed by atoms with Crippen LogP contribution >= 0.6 is 0 Å². The van der Waals surface area contributed by atoms with E-state index in [1.165, 1.54) is 0 Å². The van der Waals surface area contributed by atoms with Crippen LogP contribution in [0, 0.1) is 6.92 Å². The Labute approximate surface area is 100 Å². The van der Waals surface area contributed by atoms with E-state index in [9.17, 15) is 4.79 Å². The molecule has 1 heterocycles. The van der Waals surface area contributed by atoms with E-state index in [0.717, 1.165) is 18.4 Å². The van der Waals surface area contributed by atoms with Crippen molar-refractivity contribution in [3.8, 4) is 0 Å². The highest BCUT2D eigenvalue weighted by atomic mass is 16.4. The van der Waals surface area contributed by atoms with E-state index in [1.807, 2.05) is 6.92 Å². The van der Waals surface area contributed by atoms with Gasteiger partial charge in [-0.3, -0.25) is 0 Å². The van der Waals surface area contributed by atoms with Crippen molar-refractivity contribution in [1.82, 2.24) is 5.32 Å². The molecule has 0 saturated heterocycles. The van der Waals surface area contributed by atoms with Crippen LogP contribution in [-0.2, 0) is 6.54 Å². The molecule has 1 unspecified atom stereocenters. The largest absolute Gasteiger partial charge is 0.475 e. The van der Waals surface area contributed by atoms with Gasteiger partial charge in [0, 0.05) is 24.8 Å². The molecule has 17 heavy (non-hydrogen) atoms. The van der Waals surface area contributed by atoms with E-state index < -0.39 is 5.97 Å². The van der Waals surface area contributed by atoms with Crippen LogP contribution in [0.2, 0.25) is 0 Å². The molecular formula is C12H19NO4. The minimum Gasteiger partial charge on any atom is -0.475 e. The van der Waals surface area contributed by atoms with E-state index in [0.29, 0.717) is 12.3 Å². The second kappa shape index (κ2) is 6.42. The number of aromatic carboxylic acids is 1. The average Bonchev–Trinajstić information content (AvgIpc) is 2.65. The molecule has 3 N–H and O–H groups in total. The molecule has 96 valence electrons. The highest BCUT2D eigenvalue weighted by molar-refractivity contribution is 5.84. The van der Waals surface area contributed by atoms with Crippen molar-refractivity contribution in [3.05, 3.63) is 23.2 Å². The summed E-state index contributed by atoms with van der Waals surface area (Å²) >= 11 is 0. The van der Waals surface area contributed by atoms with Crippen molar-refractivity contribution >= 4 is 5.97 Å². The third-order valence-electron chi connectivity index (χ3n) is 2.67. The van der Waals surface area contributed by atoms with Crippen LogP contribution in [0.25, 0.3) is 0 Å². The van der Waals surface area contributed by atoms with Gasteiger partial charge in [0.05, 0.1) is 0 Å². The lowest BCUT2D eigenvalue weighted by molar-refractivity contribution is 0.0661. The lowest BCUT2D eigenvalue weighted by Gasteiger charge is -2.12. The molecule has 0 fully saturated rings. The minimum atomic E-state index is -1.05. The smallest absolute Gasteiger partial charge is 0.371 e. The Kier molecular flexibility index (Phi) is 5.18. The number of aliphatic hydroxyl groups excluding tert-OH is 1. The standard InChI is InChI=1S/C12H19NO4/c1-8(4-3-5-14)13-7-10-6-11(12(15)16)17-9(10)2/h6,8,13-14H,3-5,7H2,1-2H3,(H,15,16). The molecule has 1 rings (SSSR count). The Hall–Kier alpha value is -1.33.